The monoisotopic (exact) mass is 256 g/mol. The average molecular weight is 256 g/mol. The zero-order valence-electron chi connectivity index (χ0n) is 11.0. The molecule has 0 saturated heterocycles. The number of carboxylic acids is 1. The van der Waals surface area contributed by atoms with E-state index in [1.807, 2.05) is 6.92 Å². The Bertz CT molecular complexity index is 294. The summed E-state index contributed by atoms with van der Waals surface area (Å²) < 4.78 is 0. The van der Waals surface area contributed by atoms with Gasteiger partial charge >= 0.3 is 5.97 Å². The van der Waals surface area contributed by atoms with E-state index in [-0.39, 0.29) is 30.2 Å². The lowest BCUT2D eigenvalue weighted by Crippen LogP contribution is -2.44. The second-order valence-electron chi connectivity index (χ2n) is 5.10. The fourth-order valence-electron chi connectivity index (χ4n) is 2.65. The van der Waals surface area contributed by atoms with Crippen LogP contribution in [0.3, 0.4) is 0 Å². The summed E-state index contributed by atoms with van der Waals surface area (Å²) in [7, 11) is 0. The molecule has 5 heteroatoms. The lowest BCUT2D eigenvalue weighted by Gasteiger charge is -2.30. The molecule has 1 saturated carbocycles. The molecule has 18 heavy (non-hydrogen) atoms. The van der Waals surface area contributed by atoms with Gasteiger partial charge in [0.25, 0.3) is 0 Å². The summed E-state index contributed by atoms with van der Waals surface area (Å²) in [5, 5.41) is 11.6. The number of rotatable bonds is 6. The second-order valence-corrected chi connectivity index (χ2v) is 5.10. The van der Waals surface area contributed by atoms with E-state index in [0.29, 0.717) is 13.0 Å². The van der Waals surface area contributed by atoms with Crippen LogP contribution in [0.15, 0.2) is 0 Å². The first-order valence-electron chi connectivity index (χ1n) is 6.80. The Morgan fingerprint density at radius 3 is 2.61 bits per heavy atom. The van der Waals surface area contributed by atoms with E-state index < -0.39 is 5.97 Å². The molecule has 104 valence electrons. The minimum Gasteiger partial charge on any atom is -0.481 e. The molecule has 1 fully saturated rings. The third-order valence-corrected chi connectivity index (χ3v) is 3.81. The van der Waals surface area contributed by atoms with Gasteiger partial charge in [0.2, 0.25) is 5.91 Å². The van der Waals surface area contributed by atoms with Crippen molar-refractivity contribution in [2.75, 3.05) is 6.54 Å². The van der Waals surface area contributed by atoms with Crippen molar-refractivity contribution in [1.82, 2.24) is 5.32 Å². The molecule has 4 N–H and O–H groups in total. The minimum atomic E-state index is -0.874. The van der Waals surface area contributed by atoms with Gasteiger partial charge in [-0.2, -0.15) is 0 Å². The third-order valence-electron chi connectivity index (χ3n) is 3.81. The normalized spacial score (nSPS) is 25.4. The Hall–Kier alpha value is -1.10. The highest BCUT2D eigenvalue weighted by atomic mass is 16.4. The van der Waals surface area contributed by atoms with Crippen molar-refractivity contribution in [3.63, 3.8) is 0 Å². The SMILES string of the molecule is CCC(CC(=O)O)NC(=O)C1CCCCC1CN. The zero-order chi connectivity index (χ0) is 13.5. The van der Waals surface area contributed by atoms with E-state index in [2.05, 4.69) is 5.32 Å². The summed E-state index contributed by atoms with van der Waals surface area (Å²) in [6.45, 7) is 2.42. The molecule has 0 aliphatic heterocycles. The van der Waals surface area contributed by atoms with Crippen molar-refractivity contribution in [3.05, 3.63) is 0 Å². The molecule has 0 aromatic carbocycles. The summed E-state index contributed by atoms with van der Waals surface area (Å²) in [6, 6.07) is -0.268. The van der Waals surface area contributed by atoms with Crippen molar-refractivity contribution >= 4 is 11.9 Å². The number of amides is 1. The van der Waals surface area contributed by atoms with Crippen molar-refractivity contribution in [2.24, 2.45) is 17.6 Å². The first-order chi connectivity index (χ1) is 8.58. The highest BCUT2D eigenvalue weighted by Gasteiger charge is 2.30. The van der Waals surface area contributed by atoms with E-state index >= 15 is 0 Å². The third kappa shape index (κ3) is 4.29. The molecule has 3 atom stereocenters. The molecule has 0 aromatic heterocycles. The van der Waals surface area contributed by atoms with Crippen LogP contribution in [-0.2, 0) is 9.59 Å². The Labute approximate surface area is 108 Å². The van der Waals surface area contributed by atoms with Crippen LogP contribution in [0.2, 0.25) is 0 Å². The van der Waals surface area contributed by atoms with Crippen LogP contribution in [0.4, 0.5) is 0 Å². The molecule has 0 bridgehead atoms. The van der Waals surface area contributed by atoms with Gasteiger partial charge in [0.05, 0.1) is 6.42 Å². The van der Waals surface area contributed by atoms with Crippen LogP contribution in [0.1, 0.15) is 45.4 Å². The van der Waals surface area contributed by atoms with Crippen LogP contribution in [-0.4, -0.2) is 29.6 Å². The molecule has 3 unspecified atom stereocenters. The summed E-state index contributed by atoms with van der Waals surface area (Å²) in [4.78, 5) is 22.8. The molecule has 0 heterocycles. The lowest BCUT2D eigenvalue weighted by atomic mass is 9.78. The quantitative estimate of drug-likeness (QED) is 0.664. The van der Waals surface area contributed by atoms with E-state index in [0.717, 1.165) is 25.7 Å². The zero-order valence-corrected chi connectivity index (χ0v) is 11.0. The minimum absolute atomic E-state index is 0.0117. The Morgan fingerprint density at radius 1 is 1.39 bits per heavy atom. The molecule has 0 spiro atoms. The van der Waals surface area contributed by atoms with Crippen LogP contribution in [0, 0.1) is 11.8 Å². The first kappa shape index (κ1) is 15.0. The maximum absolute atomic E-state index is 12.2. The van der Waals surface area contributed by atoms with Gasteiger partial charge in [0.15, 0.2) is 0 Å². The molecule has 0 radical (unpaired) electrons. The van der Waals surface area contributed by atoms with Gasteiger partial charge in [-0.25, -0.2) is 0 Å². The Balaban J connectivity index is 2.53. The number of aliphatic carboxylic acids is 1. The molecule has 0 aromatic rings. The van der Waals surface area contributed by atoms with Crippen LogP contribution >= 0.6 is 0 Å². The predicted octanol–water partition coefficient (Wildman–Crippen LogP) is 1.12. The smallest absolute Gasteiger partial charge is 0.305 e. The van der Waals surface area contributed by atoms with E-state index in [1.165, 1.54) is 0 Å². The number of carbonyl (C=O) groups excluding carboxylic acids is 1. The Morgan fingerprint density at radius 2 is 2.06 bits per heavy atom. The van der Waals surface area contributed by atoms with Crippen molar-refractivity contribution in [1.29, 1.82) is 0 Å². The lowest BCUT2D eigenvalue weighted by molar-refractivity contribution is -0.138. The second kappa shape index (κ2) is 7.36. The van der Waals surface area contributed by atoms with E-state index in [1.54, 1.807) is 0 Å². The van der Waals surface area contributed by atoms with Gasteiger partial charge in [0, 0.05) is 12.0 Å². The van der Waals surface area contributed by atoms with E-state index in [4.69, 9.17) is 10.8 Å². The molecule has 1 aliphatic carbocycles. The topological polar surface area (TPSA) is 92.4 Å². The van der Waals surface area contributed by atoms with Crippen molar-refractivity contribution in [3.8, 4) is 0 Å². The van der Waals surface area contributed by atoms with E-state index in [9.17, 15) is 9.59 Å². The number of carboxylic acid groups (broad SMARTS) is 1. The van der Waals surface area contributed by atoms with Gasteiger partial charge in [-0.1, -0.05) is 19.8 Å². The molecular formula is C13H24N2O3. The fraction of sp³-hybridized carbons (Fsp3) is 0.846. The van der Waals surface area contributed by atoms with Crippen LogP contribution in [0.25, 0.3) is 0 Å². The highest BCUT2D eigenvalue weighted by Crippen LogP contribution is 2.29. The molecule has 1 amide bonds. The van der Waals surface area contributed by atoms with Gasteiger partial charge in [-0.3, -0.25) is 9.59 Å². The molecule has 1 rings (SSSR count). The van der Waals surface area contributed by atoms with Gasteiger partial charge in [0.1, 0.15) is 0 Å². The average Bonchev–Trinajstić information content (AvgIpc) is 2.37. The van der Waals surface area contributed by atoms with Crippen LogP contribution in [0.5, 0.6) is 0 Å². The largest absolute Gasteiger partial charge is 0.481 e. The maximum Gasteiger partial charge on any atom is 0.305 e. The number of hydrogen-bond acceptors (Lipinski definition) is 3. The van der Waals surface area contributed by atoms with Gasteiger partial charge in [-0.15, -0.1) is 0 Å². The van der Waals surface area contributed by atoms with Crippen molar-refractivity contribution in [2.45, 2.75) is 51.5 Å². The number of nitrogens with one attached hydrogen (secondary N) is 1. The fourth-order valence-corrected chi connectivity index (χ4v) is 2.65. The number of carbonyl (C=O) groups is 2. The van der Waals surface area contributed by atoms with Gasteiger partial charge in [-0.05, 0) is 31.7 Å². The predicted molar refractivity (Wildman–Crippen MR) is 69.0 cm³/mol. The van der Waals surface area contributed by atoms with Gasteiger partial charge < -0.3 is 16.2 Å². The standard InChI is InChI=1S/C13H24N2O3/c1-2-10(7-12(16)17)15-13(18)11-6-4-3-5-9(11)8-14/h9-11H,2-8,14H2,1H3,(H,15,18)(H,16,17). The number of nitrogens with two attached hydrogens (primary N) is 1. The number of hydrogen-bond donors (Lipinski definition) is 3. The van der Waals surface area contributed by atoms with Crippen LogP contribution < -0.4 is 11.1 Å². The molecule has 1 aliphatic rings. The molecule has 5 nitrogen and oxygen atoms in total. The maximum atomic E-state index is 12.2. The summed E-state index contributed by atoms with van der Waals surface area (Å²) in [5.74, 6) is -0.674. The Kier molecular flexibility index (Phi) is 6.12. The molecular weight excluding hydrogens is 232 g/mol. The summed E-state index contributed by atoms with van der Waals surface area (Å²) >= 11 is 0. The first-order valence-corrected chi connectivity index (χ1v) is 6.80. The summed E-state index contributed by atoms with van der Waals surface area (Å²) in [6.07, 6.45) is 4.70. The summed E-state index contributed by atoms with van der Waals surface area (Å²) in [5.41, 5.74) is 5.70. The van der Waals surface area contributed by atoms with Crippen molar-refractivity contribution < 1.29 is 14.7 Å². The highest BCUT2D eigenvalue weighted by molar-refractivity contribution is 5.80.